The molecule has 0 aromatic heterocycles. The quantitative estimate of drug-likeness (QED) is 0.498. The highest BCUT2D eigenvalue weighted by Gasteiger charge is 2.11. The minimum Gasteiger partial charge on any atom is -0.496 e. The predicted octanol–water partition coefficient (Wildman–Crippen LogP) is 4.55. The third-order valence-corrected chi connectivity index (χ3v) is 3.16. The van der Waals surface area contributed by atoms with Gasteiger partial charge in [0.05, 0.1) is 12.7 Å². The number of benzene rings is 1. The molecule has 0 bridgehead atoms. The average molecular weight is 248 g/mol. The van der Waals surface area contributed by atoms with Crippen LogP contribution in [0.1, 0.15) is 61.4 Å². The van der Waals surface area contributed by atoms with Crippen molar-refractivity contribution in [2.45, 2.75) is 52.4 Å². The van der Waals surface area contributed by atoms with E-state index in [2.05, 4.69) is 6.92 Å². The summed E-state index contributed by atoms with van der Waals surface area (Å²) in [5, 5.41) is 0. The van der Waals surface area contributed by atoms with Gasteiger partial charge < -0.3 is 4.74 Å². The molecule has 2 heteroatoms. The van der Waals surface area contributed by atoms with Crippen LogP contribution in [0.15, 0.2) is 18.2 Å². The van der Waals surface area contributed by atoms with Gasteiger partial charge in [0.15, 0.2) is 5.78 Å². The molecule has 1 aromatic carbocycles. The van der Waals surface area contributed by atoms with E-state index in [4.69, 9.17) is 4.74 Å². The monoisotopic (exact) mass is 248 g/mol. The summed E-state index contributed by atoms with van der Waals surface area (Å²) in [4.78, 5) is 12.1. The van der Waals surface area contributed by atoms with Crippen molar-refractivity contribution in [1.82, 2.24) is 0 Å². The molecule has 0 amide bonds. The van der Waals surface area contributed by atoms with E-state index in [1.165, 1.54) is 19.3 Å². The van der Waals surface area contributed by atoms with E-state index < -0.39 is 0 Å². The fraction of sp³-hybridized carbons (Fsp3) is 0.562. The van der Waals surface area contributed by atoms with E-state index in [-0.39, 0.29) is 5.78 Å². The van der Waals surface area contributed by atoms with Gasteiger partial charge in [0.1, 0.15) is 5.75 Å². The highest BCUT2D eigenvalue weighted by molar-refractivity contribution is 5.98. The zero-order valence-electron chi connectivity index (χ0n) is 11.8. The number of carbonyl (C=O) groups excluding carboxylic acids is 1. The lowest BCUT2D eigenvalue weighted by Gasteiger charge is -2.08. The zero-order valence-corrected chi connectivity index (χ0v) is 11.8. The molecule has 0 fully saturated rings. The van der Waals surface area contributed by atoms with Crippen molar-refractivity contribution >= 4 is 5.78 Å². The Hall–Kier alpha value is -1.31. The van der Waals surface area contributed by atoms with Crippen LogP contribution in [-0.2, 0) is 0 Å². The number of ether oxygens (including phenoxy) is 1. The summed E-state index contributed by atoms with van der Waals surface area (Å²) in [5.74, 6) is 0.895. The Morgan fingerprint density at radius 3 is 2.56 bits per heavy atom. The maximum Gasteiger partial charge on any atom is 0.166 e. The van der Waals surface area contributed by atoms with Gasteiger partial charge in [-0.3, -0.25) is 4.79 Å². The first-order valence-corrected chi connectivity index (χ1v) is 6.87. The Balaban J connectivity index is 2.52. The molecule has 0 N–H and O–H groups in total. The van der Waals surface area contributed by atoms with E-state index in [9.17, 15) is 4.79 Å². The second-order valence-corrected chi connectivity index (χ2v) is 4.79. The molecule has 2 nitrogen and oxygen atoms in total. The van der Waals surface area contributed by atoms with Gasteiger partial charge in [0.25, 0.3) is 0 Å². The molecule has 100 valence electrons. The van der Waals surface area contributed by atoms with Gasteiger partial charge in [-0.2, -0.15) is 0 Å². The Morgan fingerprint density at radius 2 is 1.89 bits per heavy atom. The number of hydrogen-bond donors (Lipinski definition) is 0. The van der Waals surface area contributed by atoms with E-state index in [1.807, 2.05) is 25.1 Å². The minimum atomic E-state index is 0.201. The van der Waals surface area contributed by atoms with Crippen LogP contribution in [0.25, 0.3) is 0 Å². The fourth-order valence-electron chi connectivity index (χ4n) is 2.06. The highest BCUT2D eigenvalue weighted by Crippen LogP contribution is 2.22. The van der Waals surface area contributed by atoms with Gasteiger partial charge >= 0.3 is 0 Å². The number of methoxy groups -OCH3 is 1. The molecular formula is C16H24O2. The maximum atomic E-state index is 12.1. The van der Waals surface area contributed by atoms with Crippen molar-refractivity contribution in [3.8, 4) is 5.75 Å². The van der Waals surface area contributed by atoms with Crippen molar-refractivity contribution in [3.63, 3.8) is 0 Å². The number of rotatable bonds is 8. The number of Topliss-reactive ketones (excluding diaryl/α,β-unsaturated/α-hetero) is 1. The highest BCUT2D eigenvalue weighted by atomic mass is 16.5. The number of aryl methyl sites for hydroxylation is 1. The second-order valence-electron chi connectivity index (χ2n) is 4.79. The van der Waals surface area contributed by atoms with Crippen LogP contribution in [-0.4, -0.2) is 12.9 Å². The molecule has 0 unspecified atom stereocenters. The van der Waals surface area contributed by atoms with Crippen LogP contribution in [0.4, 0.5) is 0 Å². The minimum absolute atomic E-state index is 0.201. The lowest BCUT2D eigenvalue weighted by Crippen LogP contribution is -2.02. The third-order valence-electron chi connectivity index (χ3n) is 3.16. The van der Waals surface area contributed by atoms with E-state index in [0.29, 0.717) is 12.2 Å². The summed E-state index contributed by atoms with van der Waals surface area (Å²) < 4.78 is 5.25. The molecule has 0 aliphatic heterocycles. The van der Waals surface area contributed by atoms with Gasteiger partial charge in [-0.25, -0.2) is 0 Å². The first kappa shape index (κ1) is 14.7. The van der Waals surface area contributed by atoms with Gasteiger partial charge in [-0.05, 0) is 25.5 Å². The summed E-state index contributed by atoms with van der Waals surface area (Å²) in [6.45, 7) is 4.19. The summed E-state index contributed by atoms with van der Waals surface area (Å²) >= 11 is 0. The molecule has 0 atom stereocenters. The summed E-state index contributed by atoms with van der Waals surface area (Å²) in [6.07, 6.45) is 6.49. The molecule has 0 heterocycles. The first-order chi connectivity index (χ1) is 8.69. The molecule has 0 aliphatic carbocycles. The molecule has 0 aliphatic rings. The normalized spacial score (nSPS) is 10.4. The van der Waals surface area contributed by atoms with Crippen LogP contribution < -0.4 is 4.74 Å². The van der Waals surface area contributed by atoms with E-state index in [0.717, 1.165) is 24.0 Å². The Kier molecular flexibility index (Phi) is 6.48. The lowest BCUT2D eigenvalue weighted by atomic mass is 10.0. The standard InChI is InChI=1S/C16H24O2/c1-4-5-6-7-8-9-15(17)14-12-13(2)10-11-16(14)18-3/h10-12H,4-9H2,1-3H3. The molecule has 0 radical (unpaired) electrons. The maximum absolute atomic E-state index is 12.1. The Labute approximate surface area is 110 Å². The van der Waals surface area contributed by atoms with Crippen molar-refractivity contribution in [2.24, 2.45) is 0 Å². The van der Waals surface area contributed by atoms with Crippen molar-refractivity contribution in [2.75, 3.05) is 7.11 Å². The molecular weight excluding hydrogens is 224 g/mol. The number of carbonyl (C=O) groups is 1. The number of unbranched alkanes of at least 4 members (excludes halogenated alkanes) is 4. The fourth-order valence-corrected chi connectivity index (χ4v) is 2.06. The first-order valence-electron chi connectivity index (χ1n) is 6.87. The van der Waals surface area contributed by atoms with Crippen molar-refractivity contribution in [1.29, 1.82) is 0 Å². The lowest BCUT2D eigenvalue weighted by molar-refractivity contribution is 0.0976. The molecule has 0 saturated heterocycles. The second kappa shape index (κ2) is 7.91. The topological polar surface area (TPSA) is 26.3 Å². The molecule has 0 saturated carbocycles. The summed E-state index contributed by atoms with van der Waals surface area (Å²) in [7, 11) is 1.61. The third kappa shape index (κ3) is 4.52. The van der Waals surface area contributed by atoms with E-state index in [1.54, 1.807) is 7.11 Å². The van der Waals surface area contributed by atoms with Gasteiger partial charge in [0, 0.05) is 6.42 Å². The Morgan fingerprint density at radius 1 is 1.17 bits per heavy atom. The van der Waals surface area contributed by atoms with E-state index >= 15 is 0 Å². The number of ketones is 1. The average Bonchev–Trinajstić information content (AvgIpc) is 2.38. The van der Waals surface area contributed by atoms with Gasteiger partial charge in [-0.15, -0.1) is 0 Å². The van der Waals surface area contributed by atoms with Crippen LogP contribution in [0.2, 0.25) is 0 Å². The van der Waals surface area contributed by atoms with Crippen molar-refractivity contribution < 1.29 is 9.53 Å². The van der Waals surface area contributed by atoms with Crippen molar-refractivity contribution in [3.05, 3.63) is 29.3 Å². The largest absolute Gasteiger partial charge is 0.496 e. The molecule has 1 aromatic rings. The van der Waals surface area contributed by atoms with Gasteiger partial charge in [0.2, 0.25) is 0 Å². The van der Waals surface area contributed by atoms with Crippen LogP contribution in [0, 0.1) is 6.92 Å². The molecule has 18 heavy (non-hydrogen) atoms. The Bertz CT molecular complexity index is 383. The molecule has 0 spiro atoms. The van der Waals surface area contributed by atoms with Crippen LogP contribution in [0.5, 0.6) is 5.75 Å². The van der Waals surface area contributed by atoms with Crippen LogP contribution in [0.3, 0.4) is 0 Å². The van der Waals surface area contributed by atoms with Gasteiger partial charge in [-0.1, -0.05) is 44.2 Å². The smallest absolute Gasteiger partial charge is 0.166 e. The number of hydrogen-bond acceptors (Lipinski definition) is 2. The predicted molar refractivity (Wildman–Crippen MR) is 75.4 cm³/mol. The summed E-state index contributed by atoms with van der Waals surface area (Å²) in [5.41, 5.74) is 1.83. The SMILES string of the molecule is CCCCCCCC(=O)c1cc(C)ccc1OC. The van der Waals surface area contributed by atoms with Crippen LogP contribution >= 0.6 is 0 Å². The molecule has 1 rings (SSSR count). The summed E-state index contributed by atoms with van der Waals surface area (Å²) in [6, 6.07) is 5.77. The zero-order chi connectivity index (χ0) is 13.4.